The predicted molar refractivity (Wildman–Crippen MR) is 76.6 cm³/mol. The van der Waals surface area contributed by atoms with E-state index in [0.717, 1.165) is 43.9 Å². The summed E-state index contributed by atoms with van der Waals surface area (Å²) < 4.78 is 13.3. The quantitative estimate of drug-likeness (QED) is 0.898. The molecule has 1 aliphatic rings. The van der Waals surface area contributed by atoms with Gasteiger partial charge in [-0.3, -0.25) is 14.6 Å². The van der Waals surface area contributed by atoms with Gasteiger partial charge in [0.05, 0.1) is 6.04 Å². The number of aryl methyl sites for hydroxylation is 1. The van der Waals surface area contributed by atoms with E-state index in [4.69, 9.17) is 5.73 Å². The van der Waals surface area contributed by atoms with Crippen LogP contribution in [-0.2, 0) is 11.3 Å². The van der Waals surface area contributed by atoms with Gasteiger partial charge in [0.25, 0.3) is 0 Å². The summed E-state index contributed by atoms with van der Waals surface area (Å²) in [5.41, 5.74) is 7.47. The average molecular weight is 279 g/mol. The van der Waals surface area contributed by atoms with E-state index in [2.05, 4.69) is 9.80 Å². The van der Waals surface area contributed by atoms with Gasteiger partial charge < -0.3 is 5.73 Å². The lowest BCUT2D eigenvalue weighted by Crippen LogP contribution is -2.52. The average Bonchev–Trinajstić information content (AvgIpc) is 2.43. The monoisotopic (exact) mass is 279 g/mol. The van der Waals surface area contributed by atoms with Crippen molar-refractivity contribution in [1.82, 2.24) is 9.80 Å². The lowest BCUT2D eigenvalue weighted by atomic mass is 10.1. The second-order valence-electron chi connectivity index (χ2n) is 5.46. The fourth-order valence-electron chi connectivity index (χ4n) is 2.54. The van der Waals surface area contributed by atoms with E-state index in [-0.39, 0.29) is 17.8 Å². The minimum Gasteiger partial charge on any atom is -0.368 e. The van der Waals surface area contributed by atoms with Gasteiger partial charge in [0.15, 0.2) is 0 Å². The number of carbonyl (C=O) groups is 1. The molecule has 1 atom stereocenters. The van der Waals surface area contributed by atoms with Crippen LogP contribution in [0.5, 0.6) is 0 Å². The van der Waals surface area contributed by atoms with Crippen LogP contribution in [0.15, 0.2) is 18.2 Å². The summed E-state index contributed by atoms with van der Waals surface area (Å²) >= 11 is 0. The molecule has 110 valence electrons. The molecule has 1 aromatic carbocycles. The molecule has 20 heavy (non-hydrogen) atoms. The summed E-state index contributed by atoms with van der Waals surface area (Å²) in [6.45, 7) is 7.97. The van der Waals surface area contributed by atoms with E-state index in [1.165, 1.54) is 6.07 Å². The van der Waals surface area contributed by atoms with Crippen molar-refractivity contribution in [3.63, 3.8) is 0 Å². The molecule has 1 aliphatic heterocycles. The minimum atomic E-state index is -0.278. The predicted octanol–water partition coefficient (Wildman–Crippen LogP) is 1.13. The zero-order valence-corrected chi connectivity index (χ0v) is 12.1. The Morgan fingerprint density at radius 3 is 2.60 bits per heavy atom. The first-order chi connectivity index (χ1) is 9.47. The maximum absolute atomic E-state index is 13.3. The summed E-state index contributed by atoms with van der Waals surface area (Å²) in [6.07, 6.45) is 0. The molecule has 0 saturated carbocycles. The molecule has 2 rings (SSSR count). The first-order valence-electron chi connectivity index (χ1n) is 6.98. The van der Waals surface area contributed by atoms with Gasteiger partial charge in [-0.25, -0.2) is 4.39 Å². The molecule has 1 amide bonds. The van der Waals surface area contributed by atoms with Crippen molar-refractivity contribution in [2.75, 3.05) is 26.2 Å². The van der Waals surface area contributed by atoms with Crippen LogP contribution in [0.1, 0.15) is 18.1 Å². The van der Waals surface area contributed by atoms with E-state index in [1.807, 2.05) is 19.9 Å². The van der Waals surface area contributed by atoms with E-state index >= 15 is 0 Å². The van der Waals surface area contributed by atoms with E-state index in [9.17, 15) is 9.18 Å². The fourth-order valence-corrected chi connectivity index (χ4v) is 2.54. The third kappa shape index (κ3) is 3.55. The van der Waals surface area contributed by atoms with Gasteiger partial charge in [0.2, 0.25) is 5.91 Å². The Morgan fingerprint density at radius 1 is 1.35 bits per heavy atom. The first kappa shape index (κ1) is 14.9. The van der Waals surface area contributed by atoms with Gasteiger partial charge >= 0.3 is 0 Å². The molecule has 4 nitrogen and oxygen atoms in total. The van der Waals surface area contributed by atoms with E-state index in [0.29, 0.717) is 0 Å². The molecule has 2 N–H and O–H groups in total. The van der Waals surface area contributed by atoms with Gasteiger partial charge in [-0.05, 0) is 37.1 Å². The van der Waals surface area contributed by atoms with Crippen LogP contribution in [0.4, 0.5) is 4.39 Å². The topological polar surface area (TPSA) is 49.6 Å². The van der Waals surface area contributed by atoms with Crippen LogP contribution < -0.4 is 5.73 Å². The number of nitrogens with zero attached hydrogens (tertiary/aromatic N) is 2. The lowest BCUT2D eigenvalue weighted by Gasteiger charge is -2.37. The number of primary amides is 1. The molecule has 1 aromatic rings. The van der Waals surface area contributed by atoms with E-state index < -0.39 is 0 Å². The molecule has 0 bridgehead atoms. The number of hydrogen-bond donors (Lipinski definition) is 1. The number of amides is 1. The van der Waals surface area contributed by atoms with Gasteiger partial charge in [-0.15, -0.1) is 0 Å². The lowest BCUT2D eigenvalue weighted by molar-refractivity contribution is -0.123. The Kier molecular flexibility index (Phi) is 4.73. The highest BCUT2D eigenvalue weighted by atomic mass is 19.1. The molecule has 0 radical (unpaired) electrons. The Labute approximate surface area is 119 Å². The highest BCUT2D eigenvalue weighted by Crippen LogP contribution is 2.15. The molecule has 0 aromatic heterocycles. The molecular weight excluding hydrogens is 257 g/mol. The van der Waals surface area contributed by atoms with Crippen molar-refractivity contribution in [2.45, 2.75) is 26.4 Å². The summed E-state index contributed by atoms with van der Waals surface area (Å²) in [7, 11) is 0. The number of benzene rings is 1. The second-order valence-corrected chi connectivity index (χ2v) is 5.46. The standard InChI is InChI=1S/C15H22FN3O/c1-11-3-4-14(16)9-13(11)10-18-5-7-19(8-6-18)12(2)15(17)20/h3-4,9,12H,5-8,10H2,1-2H3,(H2,17,20)/t12-/m0/s1. The van der Waals surface area contributed by atoms with Crippen molar-refractivity contribution in [3.8, 4) is 0 Å². The number of rotatable bonds is 4. The number of nitrogens with two attached hydrogens (primary N) is 1. The second kappa shape index (κ2) is 6.33. The molecule has 1 saturated heterocycles. The molecule has 0 spiro atoms. The minimum absolute atomic E-state index is 0.188. The van der Waals surface area contributed by atoms with Crippen LogP contribution >= 0.6 is 0 Å². The summed E-state index contributed by atoms with van der Waals surface area (Å²) in [4.78, 5) is 15.6. The van der Waals surface area contributed by atoms with Crippen molar-refractivity contribution in [2.24, 2.45) is 5.73 Å². The Balaban J connectivity index is 1.91. The van der Waals surface area contributed by atoms with Crippen molar-refractivity contribution in [1.29, 1.82) is 0 Å². The summed E-state index contributed by atoms with van der Waals surface area (Å²) in [5, 5.41) is 0. The third-order valence-corrected chi connectivity index (χ3v) is 4.07. The summed E-state index contributed by atoms with van der Waals surface area (Å²) in [5.74, 6) is -0.467. The molecule has 0 aliphatic carbocycles. The van der Waals surface area contributed by atoms with Crippen molar-refractivity contribution < 1.29 is 9.18 Å². The van der Waals surface area contributed by atoms with Gasteiger partial charge in [-0.1, -0.05) is 6.07 Å². The Bertz CT molecular complexity index is 484. The van der Waals surface area contributed by atoms with Crippen LogP contribution in [0.2, 0.25) is 0 Å². The normalized spacial score (nSPS) is 18.9. The smallest absolute Gasteiger partial charge is 0.234 e. The van der Waals surface area contributed by atoms with E-state index in [1.54, 1.807) is 6.07 Å². The summed E-state index contributed by atoms with van der Waals surface area (Å²) in [6, 6.07) is 4.70. The third-order valence-electron chi connectivity index (χ3n) is 4.07. The molecule has 0 unspecified atom stereocenters. The van der Waals surface area contributed by atoms with Crippen LogP contribution in [0.3, 0.4) is 0 Å². The SMILES string of the molecule is Cc1ccc(F)cc1CN1CCN([C@@H](C)C(N)=O)CC1. The highest BCUT2D eigenvalue weighted by molar-refractivity contribution is 5.79. The van der Waals surface area contributed by atoms with Gasteiger partial charge in [0.1, 0.15) is 5.82 Å². The maximum Gasteiger partial charge on any atom is 0.234 e. The number of hydrogen-bond acceptors (Lipinski definition) is 3. The molecule has 1 fully saturated rings. The Morgan fingerprint density at radius 2 is 2.00 bits per heavy atom. The molecule has 1 heterocycles. The molecule has 5 heteroatoms. The van der Waals surface area contributed by atoms with Crippen LogP contribution in [0, 0.1) is 12.7 Å². The van der Waals surface area contributed by atoms with Crippen molar-refractivity contribution in [3.05, 3.63) is 35.1 Å². The fraction of sp³-hybridized carbons (Fsp3) is 0.533. The van der Waals surface area contributed by atoms with Crippen LogP contribution in [0.25, 0.3) is 0 Å². The zero-order valence-electron chi connectivity index (χ0n) is 12.1. The van der Waals surface area contributed by atoms with Gasteiger partial charge in [0, 0.05) is 32.7 Å². The van der Waals surface area contributed by atoms with Crippen LogP contribution in [-0.4, -0.2) is 47.9 Å². The maximum atomic E-state index is 13.3. The highest BCUT2D eigenvalue weighted by Gasteiger charge is 2.24. The Hall–Kier alpha value is -1.46. The first-order valence-corrected chi connectivity index (χ1v) is 6.98. The number of halogens is 1. The number of piperazine rings is 1. The largest absolute Gasteiger partial charge is 0.368 e. The number of carbonyl (C=O) groups excluding carboxylic acids is 1. The van der Waals surface area contributed by atoms with Gasteiger partial charge in [-0.2, -0.15) is 0 Å². The molecular formula is C15H22FN3O. The zero-order chi connectivity index (χ0) is 14.7. The van der Waals surface area contributed by atoms with Crippen molar-refractivity contribution >= 4 is 5.91 Å².